The largest absolute Gasteiger partial charge is 0.364 e. The van der Waals surface area contributed by atoms with Crippen molar-refractivity contribution in [2.75, 3.05) is 0 Å². The molecule has 2 aromatic carbocycles. The Kier molecular flexibility index (Phi) is 4.17. The van der Waals surface area contributed by atoms with E-state index < -0.39 is 0 Å². The van der Waals surface area contributed by atoms with Gasteiger partial charge in [0.25, 0.3) is 5.96 Å². The summed E-state index contributed by atoms with van der Waals surface area (Å²) in [6.45, 7) is 0. The number of fused-ring (bicyclic) bond motifs is 2. The number of para-hydroxylation sites is 2. The number of nitrogens with zero attached hydrogens (tertiary/aromatic N) is 2. The van der Waals surface area contributed by atoms with Gasteiger partial charge in [0.05, 0.1) is 11.8 Å². The number of aromatic nitrogens is 2. The number of aromatic amines is 2. The number of benzene rings is 2. The van der Waals surface area contributed by atoms with Gasteiger partial charge in [-0.2, -0.15) is 5.10 Å². The number of hydrogen-bond acceptors (Lipinski definition) is 2. The molecule has 128 valence electrons. The Morgan fingerprint density at radius 1 is 0.923 bits per heavy atom. The van der Waals surface area contributed by atoms with Crippen molar-refractivity contribution in [3.05, 3.63) is 72.1 Å². The van der Waals surface area contributed by atoms with E-state index in [0.29, 0.717) is 0 Å². The van der Waals surface area contributed by atoms with E-state index in [2.05, 4.69) is 30.7 Å². The number of hydrogen-bond donors (Lipinski definition) is 5. The lowest BCUT2D eigenvalue weighted by Gasteiger charge is -1.91. The van der Waals surface area contributed by atoms with Crippen molar-refractivity contribution in [3.63, 3.8) is 0 Å². The molecule has 0 aliphatic rings. The van der Waals surface area contributed by atoms with Gasteiger partial charge in [0.1, 0.15) is 0 Å². The maximum atomic E-state index is 5.80. The van der Waals surface area contributed by atoms with E-state index in [4.69, 9.17) is 5.73 Å². The highest BCUT2D eigenvalue weighted by molar-refractivity contribution is 5.99. The molecule has 0 radical (unpaired) electrons. The lowest BCUT2D eigenvalue weighted by molar-refractivity contribution is -0.500. The van der Waals surface area contributed by atoms with Crippen molar-refractivity contribution in [1.82, 2.24) is 15.4 Å². The summed E-state index contributed by atoms with van der Waals surface area (Å²) in [6, 6.07) is 16.1. The number of rotatable bonds is 4. The second-order valence-electron chi connectivity index (χ2n) is 5.72. The van der Waals surface area contributed by atoms with Crippen molar-refractivity contribution in [3.8, 4) is 0 Å². The smallest absolute Gasteiger partial charge is 0.269 e. The highest BCUT2D eigenvalue weighted by atomic mass is 15.4. The summed E-state index contributed by atoms with van der Waals surface area (Å²) in [6.07, 6.45) is 7.28. The predicted octanol–water partition coefficient (Wildman–Crippen LogP) is 1.00. The topological polar surface area (TPSA) is 108 Å². The molecule has 4 rings (SSSR count). The van der Waals surface area contributed by atoms with E-state index in [0.717, 1.165) is 32.9 Å². The van der Waals surface area contributed by atoms with Crippen LogP contribution >= 0.6 is 0 Å². The number of nitrogens with two attached hydrogens (primary N) is 1. The van der Waals surface area contributed by atoms with Gasteiger partial charge in [0.15, 0.2) is 0 Å². The van der Waals surface area contributed by atoms with Gasteiger partial charge in [0, 0.05) is 39.8 Å². The van der Waals surface area contributed by atoms with Crippen molar-refractivity contribution < 1.29 is 5.10 Å². The summed E-state index contributed by atoms with van der Waals surface area (Å²) in [5, 5.41) is 13.1. The van der Waals surface area contributed by atoms with Gasteiger partial charge in [-0.25, -0.2) is 0 Å². The average Bonchev–Trinajstić information content (AvgIpc) is 3.27. The van der Waals surface area contributed by atoms with Crippen LogP contribution in [0.3, 0.4) is 0 Å². The van der Waals surface area contributed by atoms with E-state index in [1.54, 1.807) is 6.21 Å². The average molecular weight is 344 g/mol. The maximum absolute atomic E-state index is 5.80. The Morgan fingerprint density at radius 3 is 2.27 bits per heavy atom. The molecule has 0 aliphatic carbocycles. The van der Waals surface area contributed by atoms with Crippen LogP contribution in [0.1, 0.15) is 11.1 Å². The predicted molar refractivity (Wildman–Crippen MR) is 105 cm³/mol. The SMILES string of the molecule is NC(=N/N=C\c1c[nH]c2ccccc12)N/[NH+]=C\c1c[nH]c2ccccc12. The Bertz CT molecular complexity index is 1130. The molecule has 0 atom stereocenters. The monoisotopic (exact) mass is 344 g/mol. The van der Waals surface area contributed by atoms with E-state index >= 15 is 0 Å². The van der Waals surface area contributed by atoms with Crippen molar-refractivity contribution in [1.29, 1.82) is 0 Å². The Labute approximate surface area is 149 Å². The first kappa shape index (κ1) is 15.6. The fourth-order valence-corrected chi connectivity index (χ4v) is 2.78. The number of guanidine groups is 1. The fourth-order valence-electron chi connectivity index (χ4n) is 2.78. The lowest BCUT2D eigenvalue weighted by Crippen LogP contribution is -2.82. The number of nitrogens with one attached hydrogen (secondary N) is 4. The maximum Gasteiger partial charge on any atom is 0.269 e. The minimum Gasteiger partial charge on any atom is -0.364 e. The van der Waals surface area contributed by atoms with Gasteiger partial charge in [0.2, 0.25) is 6.21 Å². The summed E-state index contributed by atoms with van der Waals surface area (Å²) in [7, 11) is 0. The molecule has 7 heteroatoms. The summed E-state index contributed by atoms with van der Waals surface area (Å²) in [5.74, 6) is 0.164. The quantitative estimate of drug-likeness (QED) is 0.216. The van der Waals surface area contributed by atoms with Gasteiger partial charge in [-0.3, -0.25) is 0 Å². The van der Waals surface area contributed by atoms with Crippen LogP contribution in [0.25, 0.3) is 21.8 Å². The molecular weight excluding hydrogens is 326 g/mol. The summed E-state index contributed by atoms with van der Waals surface area (Å²) in [5.41, 5.74) is 12.7. The third-order valence-corrected chi connectivity index (χ3v) is 4.03. The molecule has 2 heterocycles. The molecule has 0 saturated carbocycles. The van der Waals surface area contributed by atoms with Gasteiger partial charge in [-0.15, -0.1) is 15.6 Å². The molecule has 0 amide bonds. The van der Waals surface area contributed by atoms with Crippen LogP contribution in [-0.2, 0) is 0 Å². The molecule has 4 aromatic rings. The highest BCUT2D eigenvalue weighted by Crippen LogP contribution is 2.16. The van der Waals surface area contributed by atoms with Crippen LogP contribution in [0.2, 0.25) is 0 Å². The van der Waals surface area contributed by atoms with Crippen LogP contribution in [0.5, 0.6) is 0 Å². The normalized spacial score (nSPS) is 12.7. The molecule has 2 aromatic heterocycles. The Hall–Kier alpha value is -3.87. The first-order valence-corrected chi connectivity index (χ1v) is 8.15. The van der Waals surface area contributed by atoms with Gasteiger partial charge >= 0.3 is 0 Å². The molecule has 0 fully saturated rings. The minimum absolute atomic E-state index is 0.164. The van der Waals surface area contributed by atoms with E-state index in [1.165, 1.54) is 0 Å². The van der Waals surface area contributed by atoms with Crippen LogP contribution < -0.4 is 16.3 Å². The number of H-pyrrole nitrogens is 2. The first-order valence-electron chi connectivity index (χ1n) is 8.15. The van der Waals surface area contributed by atoms with Gasteiger partial charge in [-0.05, 0) is 12.1 Å². The number of hydrazine groups is 1. The zero-order valence-electron chi connectivity index (χ0n) is 13.9. The zero-order chi connectivity index (χ0) is 17.8. The minimum atomic E-state index is 0.164. The number of hydrazone groups is 1. The van der Waals surface area contributed by atoms with E-state index in [1.807, 2.05) is 67.1 Å². The third-order valence-electron chi connectivity index (χ3n) is 4.03. The van der Waals surface area contributed by atoms with E-state index in [9.17, 15) is 0 Å². The first-order chi connectivity index (χ1) is 12.8. The molecule has 7 nitrogen and oxygen atoms in total. The summed E-state index contributed by atoms with van der Waals surface area (Å²) in [4.78, 5) is 6.39. The second-order valence-corrected chi connectivity index (χ2v) is 5.72. The fraction of sp³-hybridized carbons (Fsp3) is 0. The Morgan fingerprint density at radius 2 is 1.54 bits per heavy atom. The summed E-state index contributed by atoms with van der Waals surface area (Å²) < 4.78 is 0. The van der Waals surface area contributed by atoms with Crippen LogP contribution in [-0.4, -0.2) is 28.4 Å². The lowest BCUT2D eigenvalue weighted by atomic mass is 10.2. The highest BCUT2D eigenvalue weighted by Gasteiger charge is 2.02. The molecule has 0 bridgehead atoms. The van der Waals surface area contributed by atoms with Crippen LogP contribution in [0.15, 0.2) is 71.1 Å². The van der Waals surface area contributed by atoms with Crippen molar-refractivity contribution >= 4 is 40.2 Å². The van der Waals surface area contributed by atoms with Gasteiger partial charge in [-0.1, -0.05) is 36.4 Å². The van der Waals surface area contributed by atoms with E-state index in [-0.39, 0.29) is 5.96 Å². The molecule has 0 spiro atoms. The van der Waals surface area contributed by atoms with Crippen molar-refractivity contribution in [2.45, 2.75) is 0 Å². The molecule has 6 N–H and O–H groups in total. The molecule has 0 saturated heterocycles. The second kappa shape index (κ2) is 6.94. The standard InChI is InChI=1S/C19H17N7/c20-19(25-23-11-13-9-21-17-7-3-1-5-15(13)17)26-24-12-14-10-22-18-8-4-2-6-16(14)18/h1-12,21-22H,(H3,20,25,26)/p+1/b23-11-,24-12-. The molecule has 0 unspecified atom stereocenters. The molecular formula is C19H18N7+. The molecule has 26 heavy (non-hydrogen) atoms. The van der Waals surface area contributed by atoms with Gasteiger partial charge < -0.3 is 15.7 Å². The molecule has 0 aliphatic heterocycles. The van der Waals surface area contributed by atoms with Crippen LogP contribution in [0.4, 0.5) is 0 Å². The Balaban J connectivity index is 1.42. The van der Waals surface area contributed by atoms with Crippen molar-refractivity contribution in [2.24, 2.45) is 15.9 Å². The van der Waals surface area contributed by atoms with Crippen LogP contribution in [0, 0.1) is 0 Å². The third kappa shape index (κ3) is 3.18. The summed E-state index contributed by atoms with van der Waals surface area (Å²) >= 11 is 0. The zero-order valence-corrected chi connectivity index (χ0v) is 13.9.